The van der Waals surface area contributed by atoms with Crippen LogP contribution in [0.4, 0.5) is 5.82 Å². The first-order valence-corrected chi connectivity index (χ1v) is 10.2. The molecule has 0 N–H and O–H groups in total. The first-order chi connectivity index (χ1) is 14.8. The average Bonchev–Trinajstić information content (AvgIpc) is 2.84. The molecule has 0 atom stereocenters. The monoisotopic (exact) mass is 394 g/mol. The van der Waals surface area contributed by atoms with Crippen LogP contribution in [-0.2, 0) is 0 Å². The maximum absolute atomic E-state index is 12.7. The Bertz CT molecular complexity index is 1170. The van der Waals surface area contributed by atoms with Gasteiger partial charge in [-0.15, -0.1) is 10.2 Å². The van der Waals surface area contributed by atoms with Crippen LogP contribution in [0.2, 0.25) is 0 Å². The van der Waals surface area contributed by atoms with Crippen molar-refractivity contribution in [2.24, 2.45) is 0 Å². The Kier molecular flexibility index (Phi) is 4.85. The Morgan fingerprint density at radius 3 is 1.97 bits per heavy atom. The van der Waals surface area contributed by atoms with Crippen LogP contribution in [0.1, 0.15) is 10.4 Å². The van der Waals surface area contributed by atoms with E-state index in [0.29, 0.717) is 13.1 Å². The minimum atomic E-state index is 0.0885. The lowest BCUT2D eigenvalue weighted by molar-refractivity contribution is 0.0746. The highest BCUT2D eigenvalue weighted by molar-refractivity contribution is 6.00. The largest absolute Gasteiger partial charge is 0.351 e. The van der Waals surface area contributed by atoms with Crippen LogP contribution in [0.15, 0.2) is 84.9 Å². The van der Waals surface area contributed by atoms with Crippen molar-refractivity contribution in [2.75, 3.05) is 31.1 Å². The van der Waals surface area contributed by atoms with E-state index in [2.05, 4.69) is 39.4 Å². The van der Waals surface area contributed by atoms with Crippen molar-refractivity contribution < 1.29 is 4.79 Å². The third-order valence-electron chi connectivity index (χ3n) is 5.60. The van der Waals surface area contributed by atoms with Gasteiger partial charge in [0.15, 0.2) is 5.82 Å². The summed E-state index contributed by atoms with van der Waals surface area (Å²) in [5.74, 6) is 0.975. The van der Waals surface area contributed by atoms with Gasteiger partial charge < -0.3 is 9.80 Å². The third-order valence-corrected chi connectivity index (χ3v) is 5.60. The topological polar surface area (TPSA) is 49.3 Å². The lowest BCUT2D eigenvalue weighted by Crippen LogP contribution is -2.49. The maximum atomic E-state index is 12.7. The molecule has 0 spiro atoms. The molecular formula is C25H22N4O. The molecule has 1 aromatic heterocycles. The molecule has 0 saturated carbocycles. The molecular weight excluding hydrogens is 372 g/mol. The summed E-state index contributed by atoms with van der Waals surface area (Å²) in [5.41, 5.74) is 2.70. The van der Waals surface area contributed by atoms with Gasteiger partial charge in [-0.1, -0.05) is 72.8 Å². The van der Waals surface area contributed by atoms with Crippen molar-refractivity contribution >= 4 is 22.5 Å². The molecule has 30 heavy (non-hydrogen) atoms. The van der Waals surface area contributed by atoms with E-state index < -0.39 is 0 Å². The number of benzene rings is 3. The summed E-state index contributed by atoms with van der Waals surface area (Å²) in [6.45, 7) is 2.82. The number of nitrogens with zero attached hydrogens (tertiary/aromatic N) is 4. The van der Waals surface area contributed by atoms with Gasteiger partial charge in [0.1, 0.15) is 5.69 Å². The second-order valence-electron chi connectivity index (χ2n) is 7.43. The lowest BCUT2D eigenvalue weighted by atomic mass is 10.0. The fourth-order valence-corrected chi connectivity index (χ4v) is 4.02. The van der Waals surface area contributed by atoms with E-state index in [1.807, 2.05) is 65.6 Å². The summed E-state index contributed by atoms with van der Waals surface area (Å²) >= 11 is 0. The number of carbonyl (C=O) groups is 1. The molecule has 5 nitrogen and oxygen atoms in total. The number of carbonyl (C=O) groups excluding carboxylic acids is 1. The molecule has 0 unspecified atom stereocenters. The molecule has 3 aromatic carbocycles. The van der Waals surface area contributed by atoms with Gasteiger partial charge in [-0.05, 0) is 12.1 Å². The Morgan fingerprint density at radius 1 is 0.667 bits per heavy atom. The normalized spacial score (nSPS) is 14.1. The van der Waals surface area contributed by atoms with Crippen molar-refractivity contribution in [3.05, 3.63) is 90.5 Å². The zero-order valence-corrected chi connectivity index (χ0v) is 16.6. The van der Waals surface area contributed by atoms with Crippen LogP contribution in [0.25, 0.3) is 22.0 Å². The second-order valence-corrected chi connectivity index (χ2v) is 7.43. The van der Waals surface area contributed by atoms with Gasteiger partial charge in [0.25, 0.3) is 5.91 Å². The molecule has 0 radical (unpaired) electrons. The first kappa shape index (κ1) is 18.3. The zero-order valence-electron chi connectivity index (χ0n) is 16.6. The number of piperazine rings is 1. The summed E-state index contributed by atoms with van der Waals surface area (Å²) in [6.07, 6.45) is 0. The Labute approximate surface area is 175 Å². The minimum Gasteiger partial charge on any atom is -0.351 e. The van der Waals surface area contributed by atoms with Crippen molar-refractivity contribution in [1.82, 2.24) is 15.1 Å². The smallest absolute Gasteiger partial charge is 0.253 e. The molecule has 1 fully saturated rings. The molecule has 148 valence electrons. The zero-order chi connectivity index (χ0) is 20.3. The molecule has 4 aromatic rings. The third kappa shape index (κ3) is 3.39. The van der Waals surface area contributed by atoms with Crippen molar-refractivity contribution in [3.63, 3.8) is 0 Å². The minimum absolute atomic E-state index is 0.0885. The fourth-order valence-electron chi connectivity index (χ4n) is 4.02. The van der Waals surface area contributed by atoms with Crippen LogP contribution in [-0.4, -0.2) is 47.2 Å². The highest BCUT2D eigenvalue weighted by atomic mass is 16.2. The van der Waals surface area contributed by atoms with Crippen LogP contribution in [0.5, 0.6) is 0 Å². The number of amides is 1. The van der Waals surface area contributed by atoms with Crippen molar-refractivity contribution in [1.29, 1.82) is 0 Å². The summed E-state index contributed by atoms with van der Waals surface area (Å²) in [6, 6.07) is 27.9. The van der Waals surface area contributed by atoms with Crippen LogP contribution in [0, 0.1) is 0 Å². The van der Waals surface area contributed by atoms with Gasteiger partial charge in [0, 0.05) is 48.1 Å². The van der Waals surface area contributed by atoms with Crippen LogP contribution >= 0.6 is 0 Å². The van der Waals surface area contributed by atoms with Gasteiger partial charge >= 0.3 is 0 Å². The fraction of sp³-hybridized carbons (Fsp3) is 0.160. The van der Waals surface area contributed by atoms with E-state index in [0.717, 1.165) is 46.5 Å². The Morgan fingerprint density at radius 2 is 1.27 bits per heavy atom. The Balaban J connectivity index is 1.41. The van der Waals surface area contributed by atoms with E-state index in [1.54, 1.807) is 0 Å². The molecule has 1 aliphatic heterocycles. The van der Waals surface area contributed by atoms with Gasteiger partial charge in [-0.2, -0.15) is 0 Å². The quantitative estimate of drug-likeness (QED) is 0.521. The van der Waals surface area contributed by atoms with Crippen molar-refractivity contribution in [2.45, 2.75) is 0 Å². The lowest BCUT2D eigenvalue weighted by Gasteiger charge is -2.35. The highest BCUT2D eigenvalue weighted by Crippen LogP contribution is 2.31. The van der Waals surface area contributed by atoms with Gasteiger partial charge in [0.2, 0.25) is 0 Å². The van der Waals surface area contributed by atoms with Gasteiger partial charge in [-0.3, -0.25) is 4.79 Å². The predicted molar refractivity (Wildman–Crippen MR) is 120 cm³/mol. The summed E-state index contributed by atoms with van der Waals surface area (Å²) in [7, 11) is 0. The SMILES string of the molecule is O=C(c1ccccc1)N1CCN(c2nnc(-c3ccccc3)c3ccccc23)CC1. The molecule has 1 aliphatic rings. The number of hydrogen-bond acceptors (Lipinski definition) is 4. The molecule has 1 amide bonds. The van der Waals surface area contributed by atoms with E-state index in [4.69, 9.17) is 0 Å². The number of rotatable bonds is 3. The predicted octanol–water partition coefficient (Wildman–Crippen LogP) is 4.26. The molecule has 0 aliphatic carbocycles. The summed E-state index contributed by atoms with van der Waals surface area (Å²) in [5, 5.41) is 11.4. The first-order valence-electron chi connectivity index (χ1n) is 10.2. The maximum Gasteiger partial charge on any atom is 0.253 e. The van der Waals surface area contributed by atoms with Gasteiger partial charge in [-0.25, -0.2) is 0 Å². The number of fused-ring (bicyclic) bond motifs is 1. The average molecular weight is 394 g/mol. The van der Waals surface area contributed by atoms with E-state index in [9.17, 15) is 4.79 Å². The number of aromatic nitrogens is 2. The molecule has 2 heterocycles. The van der Waals surface area contributed by atoms with E-state index in [-0.39, 0.29) is 5.91 Å². The van der Waals surface area contributed by atoms with Crippen LogP contribution in [0.3, 0.4) is 0 Å². The Hall–Kier alpha value is -3.73. The van der Waals surface area contributed by atoms with Crippen molar-refractivity contribution in [3.8, 4) is 11.3 Å². The molecule has 1 saturated heterocycles. The molecule has 5 rings (SSSR count). The molecule has 0 bridgehead atoms. The highest BCUT2D eigenvalue weighted by Gasteiger charge is 2.24. The summed E-state index contributed by atoms with van der Waals surface area (Å²) < 4.78 is 0. The van der Waals surface area contributed by atoms with E-state index >= 15 is 0 Å². The number of anilines is 1. The second kappa shape index (κ2) is 7.95. The van der Waals surface area contributed by atoms with E-state index in [1.165, 1.54) is 0 Å². The standard InChI is InChI=1S/C25H22N4O/c30-25(20-11-5-2-6-12-20)29-17-15-28(16-18-29)24-22-14-8-7-13-21(22)23(26-27-24)19-9-3-1-4-10-19/h1-14H,15-18H2. The molecule has 5 heteroatoms. The number of hydrogen-bond donors (Lipinski definition) is 0. The summed E-state index contributed by atoms with van der Waals surface area (Å²) in [4.78, 5) is 16.9. The van der Waals surface area contributed by atoms with Gasteiger partial charge in [0.05, 0.1) is 0 Å². The van der Waals surface area contributed by atoms with Crippen LogP contribution < -0.4 is 4.90 Å².